The van der Waals surface area contributed by atoms with Crippen molar-refractivity contribution in [3.8, 4) is 11.5 Å². The van der Waals surface area contributed by atoms with E-state index in [9.17, 15) is 14.7 Å². The molecule has 2 atom stereocenters. The van der Waals surface area contributed by atoms with Gasteiger partial charge in [-0.3, -0.25) is 4.79 Å². The molecule has 0 unspecified atom stereocenters. The van der Waals surface area contributed by atoms with Crippen molar-refractivity contribution in [2.75, 3.05) is 27.4 Å². The molecule has 1 heterocycles. The van der Waals surface area contributed by atoms with Gasteiger partial charge in [0.2, 0.25) is 5.91 Å². The number of ether oxygens (including phenoxy) is 3. The molecule has 0 radical (unpaired) electrons. The Balaban J connectivity index is 1.96. The maximum absolute atomic E-state index is 12.8. The van der Waals surface area contributed by atoms with Gasteiger partial charge in [0.1, 0.15) is 17.1 Å². The highest BCUT2D eigenvalue weighted by atomic mass is 16.6. The lowest BCUT2D eigenvalue weighted by Gasteiger charge is -2.24. The second-order valence-corrected chi connectivity index (χ2v) is 8.18. The number of carbonyl (C=O) groups is 2. The molecular weight excluding hydrogens is 376 g/mol. The molecule has 0 bridgehead atoms. The van der Waals surface area contributed by atoms with Crippen LogP contribution in [0.4, 0.5) is 4.79 Å². The molecule has 1 aromatic rings. The van der Waals surface area contributed by atoms with Crippen LogP contribution in [0, 0.1) is 5.92 Å². The van der Waals surface area contributed by atoms with Crippen LogP contribution in [0.15, 0.2) is 18.2 Å². The van der Waals surface area contributed by atoms with Crippen molar-refractivity contribution in [2.45, 2.75) is 51.8 Å². The smallest absolute Gasteiger partial charge is 0.407 e. The van der Waals surface area contributed by atoms with Gasteiger partial charge in [0.05, 0.1) is 26.9 Å². The van der Waals surface area contributed by atoms with Gasteiger partial charge in [0.25, 0.3) is 0 Å². The Kier molecular flexibility index (Phi) is 7.73. The summed E-state index contributed by atoms with van der Waals surface area (Å²) in [5.41, 5.74) is 0.273. The minimum Gasteiger partial charge on any atom is -0.497 e. The first-order valence-corrected chi connectivity index (χ1v) is 9.77. The number of hydrogen-bond donors (Lipinski definition) is 2. The van der Waals surface area contributed by atoms with E-state index in [1.54, 1.807) is 46.0 Å². The molecule has 0 saturated carbocycles. The predicted octanol–water partition coefficient (Wildman–Crippen LogP) is 2.33. The van der Waals surface area contributed by atoms with Crippen molar-refractivity contribution in [1.29, 1.82) is 0 Å². The van der Waals surface area contributed by atoms with E-state index in [4.69, 9.17) is 14.2 Å². The Hall–Kier alpha value is -2.48. The van der Waals surface area contributed by atoms with Crippen LogP contribution in [0.2, 0.25) is 0 Å². The van der Waals surface area contributed by atoms with Gasteiger partial charge in [-0.05, 0) is 45.7 Å². The number of likely N-dealkylation sites (tertiary alicyclic amines) is 1. The van der Waals surface area contributed by atoms with Gasteiger partial charge in [-0.2, -0.15) is 0 Å². The third-order valence-electron chi connectivity index (χ3n) is 4.77. The third-order valence-corrected chi connectivity index (χ3v) is 4.77. The van der Waals surface area contributed by atoms with Crippen LogP contribution in [0.5, 0.6) is 11.5 Å². The number of methoxy groups -OCH3 is 2. The molecule has 8 heteroatoms. The van der Waals surface area contributed by atoms with E-state index in [0.717, 1.165) is 5.56 Å². The van der Waals surface area contributed by atoms with Crippen molar-refractivity contribution in [3.63, 3.8) is 0 Å². The molecule has 2 N–H and O–H groups in total. The number of alkyl carbamates (subject to hydrolysis) is 1. The number of aliphatic hydroxyl groups excluding tert-OH is 1. The summed E-state index contributed by atoms with van der Waals surface area (Å²) in [5, 5.41) is 12.3. The normalized spacial score (nSPS) is 17.8. The van der Waals surface area contributed by atoms with Gasteiger partial charge < -0.3 is 29.5 Å². The highest BCUT2D eigenvalue weighted by Gasteiger charge is 2.34. The molecule has 2 amide bonds. The first kappa shape index (κ1) is 22.8. The molecule has 0 aromatic heterocycles. The van der Waals surface area contributed by atoms with Crippen LogP contribution < -0.4 is 14.8 Å². The summed E-state index contributed by atoms with van der Waals surface area (Å²) < 4.78 is 15.8. The Morgan fingerprint density at radius 1 is 1.31 bits per heavy atom. The minimum absolute atomic E-state index is 0.00677. The van der Waals surface area contributed by atoms with Crippen LogP contribution in [-0.4, -0.2) is 61.0 Å². The van der Waals surface area contributed by atoms with E-state index < -0.39 is 17.7 Å². The van der Waals surface area contributed by atoms with E-state index in [1.807, 2.05) is 12.1 Å². The zero-order valence-corrected chi connectivity index (χ0v) is 17.9. The van der Waals surface area contributed by atoms with Crippen LogP contribution in [0.1, 0.15) is 39.2 Å². The second kappa shape index (κ2) is 9.82. The zero-order chi connectivity index (χ0) is 21.6. The zero-order valence-electron chi connectivity index (χ0n) is 17.9. The largest absolute Gasteiger partial charge is 0.497 e. The van der Waals surface area contributed by atoms with E-state index in [2.05, 4.69) is 5.32 Å². The average Bonchev–Trinajstić information content (AvgIpc) is 2.99. The highest BCUT2D eigenvalue weighted by molar-refractivity contribution is 5.81. The summed E-state index contributed by atoms with van der Waals surface area (Å²) in [6, 6.07) is 4.98. The van der Waals surface area contributed by atoms with Crippen LogP contribution in [-0.2, 0) is 16.1 Å². The van der Waals surface area contributed by atoms with Crippen molar-refractivity contribution < 1.29 is 28.9 Å². The number of rotatable bonds is 8. The summed E-state index contributed by atoms with van der Waals surface area (Å²) in [6.45, 7) is 6.11. The molecule has 0 spiro atoms. The summed E-state index contributed by atoms with van der Waals surface area (Å²) >= 11 is 0. The standard InChI is InChI=1S/C21H32N2O6/c1-21(2,3)29-20(26)22-16(13-24)10-14-8-9-23(19(14)25)12-15-6-7-17(27-4)11-18(15)28-5/h6-7,11,14,16,24H,8-10,12-13H2,1-5H3,(H,22,26)/t14-,16+/m1/s1. The van der Waals surface area contributed by atoms with Gasteiger partial charge >= 0.3 is 6.09 Å². The van der Waals surface area contributed by atoms with Crippen molar-refractivity contribution >= 4 is 12.0 Å². The van der Waals surface area contributed by atoms with Gasteiger partial charge in [0, 0.05) is 30.6 Å². The van der Waals surface area contributed by atoms with Crippen LogP contribution in [0.25, 0.3) is 0 Å². The van der Waals surface area contributed by atoms with Crippen LogP contribution >= 0.6 is 0 Å². The topological polar surface area (TPSA) is 97.3 Å². The number of carbonyl (C=O) groups excluding carboxylic acids is 2. The van der Waals surface area contributed by atoms with Gasteiger partial charge in [-0.1, -0.05) is 0 Å². The molecule has 1 saturated heterocycles. The summed E-state index contributed by atoms with van der Waals surface area (Å²) in [5.74, 6) is 1.11. The highest BCUT2D eigenvalue weighted by Crippen LogP contribution is 2.29. The molecular formula is C21H32N2O6. The average molecular weight is 408 g/mol. The fourth-order valence-corrected chi connectivity index (χ4v) is 3.36. The Morgan fingerprint density at radius 3 is 2.62 bits per heavy atom. The Bertz CT molecular complexity index is 716. The Labute approximate surface area is 172 Å². The maximum Gasteiger partial charge on any atom is 0.407 e. The van der Waals surface area contributed by atoms with Crippen molar-refractivity contribution in [3.05, 3.63) is 23.8 Å². The number of benzene rings is 1. The second-order valence-electron chi connectivity index (χ2n) is 8.18. The molecule has 29 heavy (non-hydrogen) atoms. The predicted molar refractivity (Wildman–Crippen MR) is 108 cm³/mol. The first-order valence-electron chi connectivity index (χ1n) is 9.77. The Morgan fingerprint density at radius 2 is 2.03 bits per heavy atom. The first-order chi connectivity index (χ1) is 13.7. The van der Waals surface area contributed by atoms with Crippen molar-refractivity contribution in [2.24, 2.45) is 5.92 Å². The van der Waals surface area contributed by atoms with E-state index in [0.29, 0.717) is 37.4 Å². The molecule has 1 aliphatic rings. The molecule has 1 aromatic carbocycles. The molecule has 162 valence electrons. The maximum atomic E-state index is 12.8. The number of amides is 2. The fraction of sp³-hybridized carbons (Fsp3) is 0.619. The third kappa shape index (κ3) is 6.52. The lowest BCUT2D eigenvalue weighted by Crippen LogP contribution is -2.42. The lowest BCUT2D eigenvalue weighted by molar-refractivity contribution is -0.131. The van der Waals surface area contributed by atoms with Gasteiger partial charge in [0.15, 0.2) is 0 Å². The number of aliphatic hydroxyl groups is 1. The van der Waals surface area contributed by atoms with E-state index >= 15 is 0 Å². The summed E-state index contributed by atoms with van der Waals surface area (Å²) in [6.07, 6.45) is 0.441. The molecule has 1 aliphatic heterocycles. The molecule has 0 aliphatic carbocycles. The number of nitrogens with one attached hydrogen (secondary N) is 1. The SMILES string of the molecule is COc1ccc(CN2CC[C@H](C[C@@H](CO)NC(=O)OC(C)(C)C)C2=O)c(OC)c1. The number of nitrogens with zero attached hydrogens (tertiary/aromatic N) is 1. The number of hydrogen-bond acceptors (Lipinski definition) is 6. The molecule has 2 rings (SSSR count). The minimum atomic E-state index is -0.624. The van der Waals surface area contributed by atoms with Gasteiger partial charge in [-0.25, -0.2) is 4.79 Å². The summed E-state index contributed by atoms with van der Waals surface area (Å²) in [4.78, 5) is 26.6. The quantitative estimate of drug-likeness (QED) is 0.685. The summed E-state index contributed by atoms with van der Waals surface area (Å²) in [7, 11) is 3.17. The molecule has 8 nitrogen and oxygen atoms in total. The van der Waals surface area contributed by atoms with Gasteiger partial charge in [-0.15, -0.1) is 0 Å². The fourth-order valence-electron chi connectivity index (χ4n) is 3.36. The van der Waals surface area contributed by atoms with E-state index in [-0.39, 0.29) is 18.4 Å². The monoisotopic (exact) mass is 408 g/mol. The van der Waals surface area contributed by atoms with E-state index in [1.165, 1.54) is 0 Å². The molecule has 1 fully saturated rings. The lowest BCUT2D eigenvalue weighted by atomic mass is 9.99. The van der Waals surface area contributed by atoms with Crippen molar-refractivity contribution in [1.82, 2.24) is 10.2 Å². The van der Waals surface area contributed by atoms with Crippen LogP contribution in [0.3, 0.4) is 0 Å².